The van der Waals surface area contributed by atoms with Crippen molar-refractivity contribution < 1.29 is 14.7 Å². The molecule has 0 bridgehead atoms. The molecule has 5 nitrogen and oxygen atoms in total. The van der Waals surface area contributed by atoms with Crippen LogP contribution in [0.2, 0.25) is 0 Å². The Morgan fingerprint density at radius 2 is 1.35 bits per heavy atom. The SMILES string of the molecule is CC1(C)C(C=C2C(=O)C(=O)C(C=C3Nc4ccc5ccccc5c4C3(C)C)=C2O)=Nc2ccc3ccccc3c21. The van der Waals surface area contributed by atoms with Gasteiger partial charge in [0.2, 0.25) is 11.6 Å². The van der Waals surface area contributed by atoms with Crippen molar-refractivity contribution >= 4 is 50.2 Å². The number of hydrogen-bond acceptors (Lipinski definition) is 5. The number of aliphatic hydroxyl groups excluding tert-OH is 1. The van der Waals surface area contributed by atoms with Gasteiger partial charge in [-0.3, -0.25) is 14.6 Å². The van der Waals surface area contributed by atoms with Crippen LogP contribution in [0.15, 0.2) is 113 Å². The van der Waals surface area contributed by atoms with Crippen molar-refractivity contribution in [3.05, 3.63) is 119 Å². The third-order valence-electron chi connectivity index (χ3n) is 8.69. The average molecular weight is 525 g/mol. The van der Waals surface area contributed by atoms with Gasteiger partial charge in [0.25, 0.3) is 0 Å². The van der Waals surface area contributed by atoms with Gasteiger partial charge in [0, 0.05) is 22.2 Å². The Labute approximate surface area is 232 Å². The van der Waals surface area contributed by atoms with Crippen LogP contribution in [0.1, 0.15) is 38.8 Å². The smallest absolute Gasteiger partial charge is 0.237 e. The predicted octanol–water partition coefficient (Wildman–Crippen LogP) is 7.53. The molecule has 0 spiro atoms. The number of hydrogen-bond donors (Lipinski definition) is 2. The topological polar surface area (TPSA) is 78.8 Å². The summed E-state index contributed by atoms with van der Waals surface area (Å²) in [5, 5.41) is 19.2. The van der Waals surface area contributed by atoms with Crippen LogP contribution in [0.25, 0.3) is 21.5 Å². The summed E-state index contributed by atoms with van der Waals surface area (Å²) in [6.45, 7) is 8.27. The molecule has 0 unspecified atom stereocenters. The molecule has 4 aromatic carbocycles. The van der Waals surface area contributed by atoms with Gasteiger partial charge in [-0.1, -0.05) is 88.4 Å². The molecule has 0 aromatic heterocycles. The molecule has 0 saturated carbocycles. The maximum Gasteiger partial charge on any atom is 0.237 e. The molecule has 0 saturated heterocycles. The number of aliphatic imine (C=N–C) groups is 1. The van der Waals surface area contributed by atoms with Crippen molar-refractivity contribution in [1.29, 1.82) is 0 Å². The summed E-state index contributed by atoms with van der Waals surface area (Å²) in [7, 11) is 0. The van der Waals surface area contributed by atoms with Crippen molar-refractivity contribution in [2.75, 3.05) is 5.32 Å². The van der Waals surface area contributed by atoms with Crippen LogP contribution < -0.4 is 5.32 Å². The van der Waals surface area contributed by atoms with Gasteiger partial charge in [0.05, 0.1) is 22.5 Å². The van der Waals surface area contributed by atoms with Crippen molar-refractivity contribution in [3.8, 4) is 0 Å². The first kappa shape index (κ1) is 24.3. The van der Waals surface area contributed by atoms with Crippen LogP contribution in [0.5, 0.6) is 0 Å². The van der Waals surface area contributed by atoms with Crippen LogP contribution in [0, 0.1) is 0 Å². The number of aliphatic hydroxyl groups is 1. The summed E-state index contributed by atoms with van der Waals surface area (Å²) in [6.07, 6.45) is 3.22. The van der Waals surface area contributed by atoms with Crippen LogP contribution >= 0.6 is 0 Å². The second-order valence-corrected chi connectivity index (χ2v) is 11.8. The van der Waals surface area contributed by atoms with Crippen LogP contribution in [-0.4, -0.2) is 22.4 Å². The van der Waals surface area contributed by atoms with Gasteiger partial charge >= 0.3 is 0 Å². The van der Waals surface area contributed by atoms with E-state index < -0.39 is 22.4 Å². The van der Waals surface area contributed by atoms with Gasteiger partial charge in [-0.2, -0.15) is 0 Å². The van der Waals surface area contributed by atoms with E-state index in [0.717, 1.165) is 49.7 Å². The number of fused-ring (bicyclic) bond motifs is 6. The van der Waals surface area contributed by atoms with Crippen LogP contribution in [-0.2, 0) is 20.4 Å². The molecule has 196 valence electrons. The minimum atomic E-state index is -0.720. The zero-order valence-corrected chi connectivity index (χ0v) is 22.8. The largest absolute Gasteiger partial charge is 0.506 e. The monoisotopic (exact) mass is 524 g/mol. The Bertz CT molecular complexity index is 1970. The molecule has 2 aliphatic heterocycles. The molecule has 0 amide bonds. The number of anilines is 1. The molecule has 40 heavy (non-hydrogen) atoms. The Morgan fingerprint density at radius 1 is 0.725 bits per heavy atom. The zero-order valence-electron chi connectivity index (χ0n) is 22.8. The first-order valence-corrected chi connectivity index (χ1v) is 13.5. The average Bonchev–Trinajstić information content (AvgIpc) is 3.44. The van der Waals surface area contributed by atoms with Gasteiger partial charge in [0.15, 0.2) is 0 Å². The second-order valence-electron chi connectivity index (χ2n) is 11.8. The summed E-state index contributed by atoms with van der Waals surface area (Å²) < 4.78 is 0. The second kappa shape index (κ2) is 8.12. The molecule has 1 aliphatic carbocycles. The highest BCUT2D eigenvalue weighted by Crippen LogP contribution is 2.48. The Morgan fingerprint density at radius 3 is 2.05 bits per heavy atom. The van der Waals surface area contributed by atoms with E-state index in [1.165, 1.54) is 0 Å². The highest BCUT2D eigenvalue weighted by Gasteiger charge is 2.42. The molecular weight excluding hydrogens is 496 g/mol. The number of allylic oxidation sites excluding steroid dienone is 5. The van der Waals surface area contributed by atoms with Crippen LogP contribution in [0.4, 0.5) is 11.4 Å². The Kier molecular flexibility index (Phi) is 4.93. The van der Waals surface area contributed by atoms with Gasteiger partial charge in [-0.25, -0.2) is 0 Å². The first-order chi connectivity index (χ1) is 19.1. The van der Waals surface area contributed by atoms with E-state index in [2.05, 4.69) is 63.3 Å². The van der Waals surface area contributed by atoms with E-state index in [-0.39, 0.29) is 16.9 Å². The fourth-order valence-electron chi connectivity index (χ4n) is 6.48. The molecule has 4 aromatic rings. The van der Waals surface area contributed by atoms with E-state index in [9.17, 15) is 14.7 Å². The molecular formula is C35H28N2O3. The summed E-state index contributed by atoms with van der Waals surface area (Å²) in [5.74, 6) is -1.74. The maximum atomic E-state index is 13.2. The highest BCUT2D eigenvalue weighted by molar-refractivity contribution is 6.54. The third-order valence-corrected chi connectivity index (χ3v) is 8.69. The third kappa shape index (κ3) is 3.24. The number of carbonyl (C=O) groups is 2. The number of rotatable bonds is 2. The highest BCUT2D eigenvalue weighted by atomic mass is 16.3. The number of benzene rings is 4. The Balaban J connectivity index is 1.31. The number of nitrogens with zero attached hydrogens (tertiary/aromatic N) is 1. The lowest BCUT2D eigenvalue weighted by Gasteiger charge is -2.22. The number of ketones is 2. The fraction of sp³-hybridized carbons (Fsp3) is 0.171. The quantitative estimate of drug-likeness (QED) is 0.210. The van der Waals surface area contributed by atoms with E-state index in [1.54, 1.807) is 12.2 Å². The Hall–Kier alpha value is -4.77. The molecule has 3 aliphatic rings. The summed E-state index contributed by atoms with van der Waals surface area (Å²) in [4.78, 5) is 31.3. The molecule has 5 heteroatoms. The standard InChI is InChI=1S/C35H28N2O3/c1-34(2)27(36-25-15-13-19-9-5-7-11-21(19)29(25)34)17-23-31(38)24(33(40)32(23)39)18-28-35(3,4)30-22-12-8-6-10-20(22)14-16-26(30)37-28/h5-18,36,38H,1-4H3. The maximum absolute atomic E-state index is 13.2. The van der Waals surface area contributed by atoms with Crippen molar-refractivity contribution in [2.24, 2.45) is 4.99 Å². The van der Waals surface area contributed by atoms with Gasteiger partial charge in [0.1, 0.15) is 5.76 Å². The summed E-state index contributed by atoms with van der Waals surface area (Å²) in [5.41, 5.74) is 4.36. The number of Topliss-reactive ketones (excluding diaryl/α,β-unsaturated/α-hetero) is 2. The van der Waals surface area contributed by atoms with E-state index in [0.29, 0.717) is 5.71 Å². The molecule has 7 rings (SSSR count). The van der Waals surface area contributed by atoms with E-state index >= 15 is 0 Å². The first-order valence-electron chi connectivity index (χ1n) is 13.5. The van der Waals surface area contributed by atoms with Crippen molar-refractivity contribution in [2.45, 2.75) is 38.5 Å². The summed E-state index contributed by atoms with van der Waals surface area (Å²) >= 11 is 0. The van der Waals surface area contributed by atoms with Gasteiger partial charge in [-0.15, -0.1) is 0 Å². The minimum Gasteiger partial charge on any atom is -0.506 e. The fourth-order valence-corrected chi connectivity index (χ4v) is 6.48. The predicted molar refractivity (Wildman–Crippen MR) is 161 cm³/mol. The normalized spacial score (nSPS) is 20.9. The summed E-state index contributed by atoms with van der Waals surface area (Å²) in [6, 6.07) is 24.4. The molecule has 2 heterocycles. The van der Waals surface area contributed by atoms with E-state index in [4.69, 9.17) is 4.99 Å². The number of nitrogens with one attached hydrogen (secondary N) is 1. The molecule has 0 radical (unpaired) electrons. The lowest BCUT2D eigenvalue weighted by Crippen LogP contribution is -2.25. The zero-order chi connectivity index (χ0) is 28.0. The lowest BCUT2D eigenvalue weighted by molar-refractivity contribution is -0.131. The van der Waals surface area contributed by atoms with Gasteiger partial charge in [-0.05, 0) is 57.0 Å². The molecule has 0 atom stereocenters. The lowest BCUT2D eigenvalue weighted by atomic mass is 9.78. The number of carbonyl (C=O) groups excluding carboxylic acids is 2. The van der Waals surface area contributed by atoms with Gasteiger partial charge < -0.3 is 10.4 Å². The molecule has 2 N–H and O–H groups in total. The van der Waals surface area contributed by atoms with Crippen LogP contribution in [0.3, 0.4) is 0 Å². The van der Waals surface area contributed by atoms with Crippen molar-refractivity contribution in [1.82, 2.24) is 0 Å². The minimum absolute atomic E-state index is 0.00306. The van der Waals surface area contributed by atoms with Crippen molar-refractivity contribution in [3.63, 3.8) is 0 Å². The molecule has 0 fully saturated rings. The van der Waals surface area contributed by atoms with E-state index in [1.807, 2.05) is 42.5 Å².